The van der Waals surface area contributed by atoms with E-state index in [1.807, 2.05) is 24.3 Å². The van der Waals surface area contributed by atoms with E-state index in [0.717, 1.165) is 43.3 Å². The summed E-state index contributed by atoms with van der Waals surface area (Å²) < 4.78 is 10.8. The van der Waals surface area contributed by atoms with E-state index in [4.69, 9.17) is 9.26 Å². The molecule has 142 valence electrons. The van der Waals surface area contributed by atoms with Crippen LogP contribution in [0.2, 0.25) is 0 Å². The second-order valence-electron chi connectivity index (χ2n) is 6.84. The molecule has 1 aliphatic rings. The molecule has 0 N–H and O–H groups in total. The summed E-state index contributed by atoms with van der Waals surface area (Å²) in [6, 6.07) is 16.3. The molecule has 4 rings (SSSR count). The lowest BCUT2D eigenvalue weighted by Gasteiger charge is -2.16. The summed E-state index contributed by atoms with van der Waals surface area (Å²) >= 11 is 0. The van der Waals surface area contributed by atoms with Crippen LogP contribution >= 0.6 is 12.4 Å². The van der Waals surface area contributed by atoms with Gasteiger partial charge in [0, 0.05) is 18.7 Å². The Balaban J connectivity index is 0.00000210. The molecule has 1 aliphatic heterocycles. The second kappa shape index (κ2) is 8.55. The molecule has 3 aromatic rings. The summed E-state index contributed by atoms with van der Waals surface area (Å²) in [5, 5.41) is 4.17. The number of ether oxygens (including phenoxy) is 1. The summed E-state index contributed by atoms with van der Waals surface area (Å²) in [7, 11) is 1.66. The van der Waals surface area contributed by atoms with E-state index >= 15 is 0 Å². The molecule has 0 bridgehead atoms. The molecule has 1 fully saturated rings. The van der Waals surface area contributed by atoms with Crippen LogP contribution in [-0.4, -0.2) is 35.2 Å². The number of nitrogens with zero attached hydrogens (tertiary/aromatic N) is 3. The number of aromatic nitrogens is 2. The minimum atomic E-state index is 0. The highest BCUT2D eigenvalue weighted by atomic mass is 35.5. The van der Waals surface area contributed by atoms with Crippen LogP contribution in [0, 0.1) is 6.92 Å². The number of methoxy groups -OCH3 is 1. The molecule has 1 atom stereocenters. The number of hydrogen-bond acceptors (Lipinski definition) is 5. The van der Waals surface area contributed by atoms with Crippen molar-refractivity contribution in [3.05, 3.63) is 65.5 Å². The summed E-state index contributed by atoms with van der Waals surface area (Å²) in [6.07, 6.45) is 1.05. The van der Waals surface area contributed by atoms with Crippen LogP contribution in [0.1, 0.15) is 29.4 Å². The topological polar surface area (TPSA) is 51.4 Å². The van der Waals surface area contributed by atoms with Gasteiger partial charge in [-0.25, -0.2) is 0 Å². The first kappa shape index (κ1) is 19.4. The summed E-state index contributed by atoms with van der Waals surface area (Å²) in [6.45, 7) is 5.14. The molecule has 0 amide bonds. The van der Waals surface area contributed by atoms with Gasteiger partial charge in [0.25, 0.3) is 0 Å². The smallest absolute Gasteiger partial charge is 0.231 e. The second-order valence-corrected chi connectivity index (χ2v) is 6.84. The van der Waals surface area contributed by atoms with Gasteiger partial charge in [-0.1, -0.05) is 41.6 Å². The van der Waals surface area contributed by atoms with Crippen molar-refractivity contribution in [1.82, 2.24) is 15.0 Å². The maximum Gasteiger partial charge on any atom is 0.231 e. The van der Waals surface area contributed by atoms with Gasteiger partial charge in [-0.15, -0.1) is 12.4 Å². The van der Waals surface area contributed by atoms with Gasteiger partial charge in [-0.2, -0.15) is 4.98 Å². The molecule has 1 aromatic heterocycles. The van der Waals surface area contributed by atoms with Crippen LogP contribution in [0.25, 0.3) is 11.4 Å². The molecule has 1 unspecified atom stereocenters. The van der Waals surface area contributed by atoms with Gasteiger partial charge in [0.1, 0.15) is 5.75 Å². The number of benzene rings is 2. The van der Waals surface area contributed by atoms with E-state index in [0.29, 0.717) is 11.7 Å². The third kappa shape index (κ3) is 4.31. The Hall–Kier alpha value is -2.37. The van der Waals surface area contributed by atoms with E-state index in [1.165, 1.54) is 11.1 Å². The van der Waals surface area contributed by atoms with Gasteiger partial charge < -0.3 is 9.26 Å². The molecule has 0 saturated carbocycles. The first-order chi connectivity index (χ1) is 12.7. The zero-order valence-electron chi connectivity index (χ0n) is 15.6. The largest absolute Gasteiger partial charge is 0.497 e. The SMILES string of the molecule is COc1cccc(-c2noc(C3CCN(Cc4ccccc4C)C3)n2)c1.Cl. The van der Waals surface area contributed by atoms with Crippen molar-refractivity contribution in [2.75, 3.05) is 20.2 Å². The molecule has 27 heavy (non-hydrogen) atoms. The van der Waals surface area contributed by atoms with Gasteiger partial charge in [-0.05, 0) is 43.1 Å². The molecular formula is C21H24ClN3O2. The lowest BCUT2D eigenvalue weighted by molar-refractivity contribution is 0.309. The number of hydrogen-bond donors (Lipinski definition) is 0. The van der Waals surface area contributed by atoms with E-state index < -0.39 is 0 Å². The standard InChI is InChI=1S/C21H23N3O2.ClH/c1-15-6-3-4-7-17(15)13-24-11-10-18(14-24)21-22-20(23-26-21)16-8-5-9-19(12-16)25-2;/h3-9,12,18H,10-11,13-14H2,1-2H3;1H. The van der Waals surface area contributed by atoms with Gasteiger partial charge in [0.2, 0.25) is 11.7 Å². The Morgan fingerprint density at radius 2 is 2.04 bits per heavy atom. The normalized spacial score (nSPS) is 16.9. The van der Waals surface area contributed by atoms with E-state index in [2.05, 4.69) is 46.2 Å². The zero-order valence-corrected chi connectivity index (χ0v) is 16.4. The Morgan fingerprint density at radius 1 is 1.19 bits per heavy atom. The molecule has 0 spiro atoms. The van der Waals surface area contributed by atoms with E-state index in [-0.39, 0.29) is 12.4 Å². The minimum absolute atomic E-state index is 0. The van der Waals surface area contributed by atoms with Crippen LogP contribution in [-0.2, 0) is 6.54 Å². The molecule has 2 aromatic carbocycles. The van der Waals surface area contributed by atoms with Crippen molar-refractivity contribution in [2.45, 2.75) is 25.8 Å². The molecule has 2 heterocycles. The number of likely N-dealkylation sites (tertiary alicyclic amines) is 1. The van der Waals surface area contributed by atoms with Crippen molar-refractivity contribution in [3.63, 3.8) is 0 Å². The van der Waals surface area contributed by atoms with Crippen LogP contribution < -0.4 is 4.74 Å². The molecule has 0 aliphatic carbocycles. The van der Waals surface area contributed by atoms with Crippen LogP contribution in [0.4, 0.5) is 0 Å². The van der Waals surface area contributed by atoms with Crippen molar-refractivity contribution in [2.24, 2.45) is 0 Å². The van der Waals surface area contributed by atoms with Crippen LogP contribution in [0.5, 0.6) is 5.75 Å². The monoisotopic (exact) mass is 385 g/mol. The minimum Gasteiger partial charge on any atom is -0.497 e. The predicted molar refractivity (Wildman–Crippen MR) is 107 cm³/mol. The van der Waals surface area contributed by atoms with Crippen LogP contribution in [0.3, 0.4) is 0 Å². The fourth-order valence-electron chi connectivity index (χ4n) is 3.49. The van der Waals surface area contributed by atoms with Crippen LogP contribution in [0.15, 0.2) is 53.1 Å². The third-order valence-electron chi connectivity index (χ3n) is 5.05. The quantitative estimate of drug-likeness (QED) is 0.648. The number of rotatable bonds is 5. The summed E-state index contributed by atoms with van der Waals surface area (Å²) in [5.41, 5.74) is 3.64. The lowest BCUT2D eigenvalue weighted by atomic mass is 10.1. The van der Waals surface area contributed by atoms with E-state index in [9.17, 15) is 0 Å². The van der Waals surface area contributed by atoms with Gasteiger partial charge in [-0.3, -0.25) is 4.90 Å². The molecule has 1 saturated heterocycles. The predicted octanol–water partition coefficient (Wildman–Crippen LogP) is 4.46. The average Bonchev–Trinajstić information content (AvgIpc) is 3.33. The fourth-order valence-corrected chi connectivity index (χ4v) is 3.49. The highest BCUT2D eigenvalue weighted by Gasteiger charge is 2.28. The molecular weight excluding hydrogens is 362 g/mol. The van der Waals surface area contributed by atoms with Gasteiger partial charge in [0.05, 0.1) is 13.0 Å². The van der Waals surface area contributed by atoms with Crippen molar-refractivity contribution >= 4 is 12.4 Å². The number of halogens is 1. The molecule has 6 heteroatoms. The first-order valence-electron chi connectivity index (χ1n) is 8.98. The van der Waals surface area contributed by atoms with Crippen molar-refractivity contribution < 1.29 is 9.26 Å². The maximum absolute atomic E-state index is 5.57. The first-order valence-corrected chi connectivity index (χ1v) is 8.98. The molecule has 0 radical (unpaired) electrons. The lowest BCUT2D eigenvalue weighted by Crippen LogP contribution is -2.20. The Labute approximate surface area is 165 Å². The van der Waals surface area contributed by atoms with Gasteiger partial charge >= 0.3 is 0 Å². The fraction of sp³-hybridized carbons (Fsp3) is 0.333. The van der Waals surface area contributed by atoms with Crippen molar-refractivity contribution in [1.29, 1.82) is 0 Å². The third-order valence-corrected chi connectivity index (χ3v) is 5.05. The van der Waals surface area contributed by atoms with E-state index in [1.54, 1.807) is 7.11 Å². The zero-order chi connectivity index (χ0) is 17.9. The Morgan fingerprint density at radius 3 is 2.85 bits per heavy atom. The number of aryl methyl sites for hydroxylation is 1. The Bertz CT molecular complexity index is 896. The summed E-state index contributed by atoms with van der Waals surface area (Å²) in [4.78, 5) is 7.10. The highest BCUT2D eigenvalue weighted by molar-refractivity contribution is 5.85. The highest BCUT2D eigenvalue weighted by Crippen LogP contribution is 2.29. The average molecular weight is 386 g/mol. The summed E-state index contributed by atoms with van der Waals surface area (Å²) in [5.74, 6) is 2.44. The van der Waals surface area contributed by atoms with Gasteiger partial charge in [0.15, 0.2) is 0 Å². The van der Waals surface area contributed by atoms with Crippen molar-refractivity contribution in [3.8, 4) is 17.1 Å². The Kier molecular flexibility index (Phi) is 6.14. The molecule has 5 nitrogen and oxygen atoms in total. The maximum atomic E-state index is 5.57.